The maximum atomic E-state index is 11.7. The first kappa shape index (κ1) is 11.0. The molecular formula is C9H17N3O2. The third-order valence-corrected chi connectivity index (χ3v) is 2.38. The van der Waals surface area contributed by atoms with Gasteiger partial charge in [-0.25, -0.2) is 0 Å². The molecule has 1 fully saturated rings. The van der Waals surface area contributed by atoms with E-state index in [-0.39, 0.29) is 18.5 Å². The zero-order valence-corrected chi connectivity index (χ0v) is 8.45. The van der Waals surface area contributed by atoms with E-state index >= 15 is 0 Å². The number of likely N-dealkylation sites (N-methyl/N-ethyl adjacent to an activating group) is 1. The summed E-state index contributed by atoms with van der Waals surface area (Å²) in [5.74, 6) is -0.514. The van der Waals surface area contributed by atoms with Gasteiger partial charge in [-0.2, -0.15) is 0 Å². The van der Waals surface area contributed by atoms with Crippen LogP contribution in [0.3, 0.4) is 0 Å². The summed E-state index contributed by atoms with van der Waals surface area (Å²) in [7, 11) is 1.60. The van der Waals surface area contributed by atoms with Gasteiger partial charge in [0, 0.05) is 7.05 Å². The molecule has 0 unspecified atom stereocenters. The second-order valence-corrected chi connectivity index (χ2v) is 3.66. The van der Waals surface area contributed by atoms with Crippen molar-refractivity contribution in [3.63, 3.8) is 0 Å². The van der Waals surface area contributed by atoms with E-state index < -0.39 is 5.91 Å². The van der Waals surface area contributed by atoms with Crippen LogP contribution in [0.5, 0.6) is 0 Å². The Morgan fingerprint density at radius 3 is 2.71 bits per heavy atom. The molecule has 3 N–H and O–H groups in total. The highest BCUT2D eigenvalue weighted by Gasteiger charge is 2.23. The number of nitrogens with two attached hydrogens (primary N) is 1. The lowest BCUT2D eigenvalue weighted by molar-refractivity contribution is -0.136. The zero-order valence-electron chi connectivity index (χ0n) is 8.45. The third-order valence-electron chi connectivity index (χ3n) is 2.38. The van der Waals surface area contributed by atoms with E-state index in [0.717, 1.165) is 25.8 Å². The highest BCUT2D eigenvalue weighted by molar-refractivity contribution is 5.86. The Balaban J connectivity index is 2.42. The maximum absolute atomic E-state index is 11.7. The Labute approximate surface area is 83.6 Å². The molecule has 1 aliphatic rings. The Kier molecular flexibility index (Phi) is 3.88. The number of carbonyl (C=O) groups excluding carboxylic acids is 2. The second-order valence-electron chi connectivity index (χ2n) is 3.66. The molecule has 0 aromatic rings. The van der Waals surface area contributed by atoms with Crippen LogP contribution in [0.15, 0.2) is 0 Å². The minimum atomic E-state index is -0.475. The van der Waals surface area contributed by atoms with Crippen LogP contribution in [0.4, 0.5) is 0 Å². The topological polar surface area (TPSA) is 75.4 Å². The Morgan fingerprint density at radius 2 is 2.21 bits per heavy atom. The van der Waals surface area contributed by atoms with Crippen molar-refractivity contribution in [2.75, 3.05) is 20.1 Å². The van der Waals surface area contributed by atoms with Gasteiger partial charge in [0.2, 0.25) is 11.8 Å². The lowest BCUT2D eigenvalue weighted by atomic mass is 10.0. The molecule has 1 atom stereocenters. The molecule has 14 heavy (non-hydrogen) atoms. The predicted octanol–water partition coefficient (Wildman–Crippen LogP) is -0.928. The molecule has 1 aliphatic heterocycles. The van der Waals surface area contributed by atoms with Crippen molar-refractivity contribution in [2.45, 2.75) is 25.3 Å². The molecule has 0 bridgehead atoms. The molecule has 0 saturated carbocycles. The number of nitrogens with one attached hydrogen (secondary N) is 1. The number of nitrogens with zero attached hydrogens (tertiary/aromatic N) is 1. The number of primary amides is 1. The highest BCUT2D eigenvalue weighted by atomic mass is 16.2. The summed E-state index contributed by atoms with van der Waals surface area (Å²) in [4.78, 5) is 23.7. The standard InChI is InChI=1S/C9H17N3O2/c1-12(6-8(10)13)9(14)7-4-2-3-5-11-7/h7,11H,2-6H2,1H3,(H2,10,13)/t7-/m0/s1. The smallest absolute Gasteiger partial charge is 0.239 e. The van der Waals surface area contributed by atoms with Crippen LogP contribution in [0.25, 0.3) is 0 Å². The van der Waals surface area contributed by atoms with Crippen molar-refractivity contribution < 1.29 is 9.59 Å². The van der Waals surface area contributed by atoms with Crippen molar-refractivity contribution in [1.82, 2.24) is 10.2 Å². The molecule has 2 amide bonds. The molecule has 5 nitrogen and oxygen atoms in total. The van der Waals surface area contributed by atoms with Crippen molar-refractivity contribution in [2.24, 2.45) is 5.73 Å². The Hall–Kier alpha value is -1.10. The van der Waals surface area contributed by atoms with Gasteiger partial charge in [0.15, 0.2) is 0 Å². The molecule has 0 radical (unpaired) electrons. The summed E-state index contributed by atoms with van der Waals surface area (Å²) < 4.78 is 0. The first-order chi connectivity index (χ1) is 6.61. The molecule has 0 aromatic carbocycles. The van der Waals surface area contributed by atoms with E-state index in [1.807, 2.05) is 0 Å². The Bertz CT molecular complexity index is 224. The quantitative estimate of drug-likeness (QED) is 0.616. The lowest BCUT2D eigenvalue weighted by Gasteiger charge is -2.26. The van der Waals surface area contributed by atoms with Crippen molar-refractivity contribution >= 4 is 11.8 Å². The van der Waals surface area contributed by atoms with Gasteiger partial charge in [-0.3, -0.25) is 9.59 Å². The number of hydrogen-bond donors (Lipinski definition) is 2. The van der Waals surface area contributed by atoms with Crippen molar-refractivity contribution in [3.05, 3.63) is 0 Å². The summed E-state index contributed by atoms with van der Waals surface area (Å²) in [5, 5.41) is 3.13. The van der Waals surface area contributed by atoms with Crippen LogP contribution in [0.2, 0.25) is 0 Å². The lowest BCUT2D eigenvalue weighted by Crippen LogP contribution is -2.49. The van der Waals surface area contributed by atoms with Gasteiger partial charge >= 0.3 is 0 Å². The Morgan fingerprint density at radius 1 is 1.50 bits per heavy atom. The fourth-order valence-corrected chi connectivity index (χ4v) is 1.64. The number of rotatable bonds is 3. The number of amides is 2. The minimum Gasteiger partial charge on any atom is -0.368 e. The summed E-state index contributed by atoms with van der Waals surface area (Å²) in [5.41, 5.74) is 5.01. The summed E-state index contributed by atoms with van der Waals surface area (Å²) in [6.45, 7) is 0.873. The van der Waals surface area contributed by atoms with Gasteiger partial charge in [0.1, 0.15) is 0 Å². The largest absolute Gasteiger partial charge is 0.368 e. The number of piperidine rings is 1. The van der Waals surface area contributed by atoms with E-state index in [0.29, 0.717) is 0 Å². The van der Waals surface area contributed by atoms with Crippen molar-refractivity contribution in [3.8, 4) is 0 Å². The molecule has 1 heterocycles. The minimum absolute atomic E-state index is 0.00296. The van der Waals surface area contributed by atoms with Crippen LogP contribution in [-0.4, -0.2) is 42.9 Å². The van der Waals surface area contributed by atoms with Crippen LogP contribution in [0.1, 0.15) is 19.3 Å². The first-order valence-electron chi connectivity index (χ1n) is 4.88. The SMILES string of the molecule is CN(CC(N)=O)C(=O)[C@@H]1CCCCN1. The highest BCUT2D eigenvalue weighted by Crippen LogP contribution is 2.08. The number of hydrogen-bond acceptors (Lipinski definition) is 3. The van der Waals surface area contributed by atoms with E-state index in [9.17, 15) is 9.59 Å². The van der Waals surface area contributed by atoms with Gasteiger partial charge < -0.3 is 16.0 Å². The van der Waals surface area contributed by atoms with Gasteiger partial charge in [-0.1, -0.05) is 6.42 Å². The van der Waals surface area contributed by atoms with Crippen LogP contribution < -0.4 is 11.1 Å². The molecule has 0 aliphatic carbocycles. The zero-order chi connectivity index (χ0) is 10.6. The maximum Gasteiger partial charge on any atom is 0.239 e. The summed E-state index contributed by atoms with van der Waals surface area (Å²) in [6, 6.07) is -0.131. The summed E-state index contributed by atoms with van der Waals surface area (Å²) >= 11 is 0. The molecule has 0 spiro atoms. The van der Waals surface area contributed by atoms with Crippen LogP contribution in [-0.2, 0) is 9.59 Å². The van der Waals surface area contributed by atoms with E-state index in [2.05, 4.69) is 5.32 Å². The molecule has 1 rings (SSSR count). The van der Waals surface area contributed by atoms with E-state index in [1.165, 1.54) is 4.90 Å². The van der Waals surface area contributed by atoms with Gasteiger partial charge in [-0.15, -0.1) is 0 Å². The van der Waals surface area contributed by atoms with Gasteiger partial charge in [-0.05, 0) is 19.4 Å². The molecule has 0 aromatic heterocycles. The summed E-state index contributed by atoms with van der Waals surface area (Å²) in [6.07, 6.45) is 3.03. The van der Waals surface area contributed by atoms with Gasteiger partial charge in [0.25, 0.3) is 0 Å². The van der Waals surface area contributed by atoms with Crippen LogP contribution in [0, 0.1) is 0 Å². The van der Waals surface area contributed by atoms with Crippen molar-refractivity contribution in [1.29, 1.82) is 0 Å². The first-order valence-corrected chi connectivity index (χ1v) is 4.88. The average Bonchev–Trinajstić information content (AvgIpc) is 2.17. The second kappa shape index (κ2) is 4.95. The van der Waals surface area contributed by atoms with Crippen LogP contribution >= 0.6 is 0 Å². The molecule has 80 valence electrons. The monoisotopic (exact) mass is 199 g/mol. The fraction of sp³-hybridized carbons (Fsp3) is 0.778. The molecule has 1 saturated heterocycles. The normalized spacial score (nSPS) is 21.6. The number of carbonyl (C=O) groups is 2. The molecule has 5 heteroatoms. The fourth-order valence-electron chi connectivity index (χ4n) is 1.64. The van der Waals surface area contributed by atoms with Gasteiger partial charge in [0.05, 0.1) is 12.6 Å². The van der Waals surface area contributed by atoms with E-state index in [1.54, 1.807) is 7.05 Å². The van der Waals surface area contributed by atoms with E-state index in [4.69, 9.17) is 5.73 Å². The molecular weight excluding hydrogens is 182 g/mol. The predicted molar refractivity (Wildman–Crippen MR) is 52.5 cm³/mol. The third kappa shape index (κ3) is 2.99. The average molecular weight is 199 g/mol.